The number of aromatic nitrogens is 2. The largest absolute Gasteiger partial charge is 0.376 e. The summed E-state index contributed by atoms with van der Waals surface area (Å²) in [6, 6.07) is 10.8. The summed E-state index contributed by atoms with van der Waals surface area (Å²) in [4.78, 5) is 15.3. The van der Waals surface area contributed by atoms with E-state index in [-0.39, 0.29) is 11.9 Å². The van der Waals surface area contributed by atoms with Crippen molar-refractivity contribution in [1.82, 2.24) is 20.0 Å². The van der Waals surface area contributed by atoms with Crippen LogP contribution in [0.3, 0.4) is 0 Å². The van der Waals surface area contributed by atoms with E-state index in [0.29, 0.717) is 18.9 Å². The molecule has 0 unspecified atom stereocenters. The molecule has 1 amide bonds. The second-order valence-electron chi connectivity index (χ2n) is 7.40. The van der Waals surface area contributed by atoms with E-state index < -0.39 is 0 Å². The minimum atomic E-state index is -0.0505. The van der Waals surface area contributed by atoms with Crippen molar-refractivity contribution in [3.8, 4) is 0 Å². The number of hydrogen-bond acceptors (Lipinski definition) is 4. The number of fused-ring (bicyclic) bond motifs is 1. The van der Waals surface area contributed by atoms with Crippen LogP contribution in [0.1, 0.15) is 47.1 Å². The Bertz CT molecular complexity index is 779. The molecule has 3 heterocycles. The van der Waals surface area contributed by atoms with Gasteiger partial charge >= 0.3 is 0 Å². The average molecular weight is 368 g/mol. The van der Waals surface area contributed by atoms with Crippen molar-refractivity contribution in [2.24, 2.45) is 0 Å². The maximum Gasteiger partial charge on any atom is 0.272 e. The summed E-state index contributed by atoms with van der Waals surface area (Å²) in [5.74, 6) is -0.0505. The van der Waals surface area contributed by atoms with Crippen LogP contribution >= 0.6 is 0 Å². The third-order valence-corrected chi connectivity index (χ3v) is 5.58. The standard InChI is InChI=1S/C21H28N4O2/c1-2-25-19-10-13-27-15-18(19)20(23-25)21(26)22-17-8-11-24(12-9-17)14-16-6-4-3-5-7-16/h3-7,17H,2,8-15H2,1H3,(H,22,26). The molecule has 2 aliphatic heterocycles. The molecule has 4 rings (SSSR count). The Balaban J connectivity index is 1.34. The molecule has 0 bridgehead atoms. The van der Waals surface area contributed by atoms with Crippen LogP contribution in [0.4, 0.5) is 0 Å². The number of nitrogens with one attached hydrogen (secondary N) is 1. The Kier molecular flexibility index (Phi) is 5.55. The fourth-order valence-corrected chi connectivity index (χ4v) is 4.08. The first-order valence-corrected chi connectivity index (χ1v) is 9.98. The molecule has 1 saturated heterocycles. The van der Waals surface area contributed by atoms with Crippen molar-refractivity contribution in [1.29, 1.82) is 0 Å². The van der Waals surface area contributed by atoms with Crippen LogP contribution in [0.2, 0.25) is 0 Å². The van der Waals surface area contributed by atoms with Crippen LogP contribution in [-0.2, 0) is 30.9 Å². The van der Waals surface area contributed by atoms with Gasteiger partial charge in [-0.15, -0.1) is 0 Å². The van der Waals surface area contributed by atoms with Crippen LogP contribution in [0.5, 0.6) is 0 Å². The highest BCUT2D eigenvalue weighted by Gasteiger charge is 2.27. The highest BCUT2D eigenvalue weighted by atomic mass is 16.5. The molecule has 1 aromatic heterocycles. The fraction of sp³-hybridized carbons (Fsp3) is 0.524. The van der Waals surface area contributed by atoms with Crippen LogP contribution in [0.15, 0.2) is 30.3 Å². The Morgan fingerprint density at radius 1 is 1.26 bits per heavy atom. The second kappa shape index (κ2) is 8.23. The molecule has 0 atom stereocenters. The number of benzene rings is 1. The zero-order valence-electron chi connectivity index (χ0n) is 16.0. The molecule has 1 fully saturated rings. The second-order valence-corrected chi connectivity index (χ2v) is 7.40. The lowest BCUT2D eigenvalue weighted by molar-refractivity contribution is 0.0884. The number of nitrogens with zero attached hydrogens (tertiary/aromatic N) is 3. The van der Waals surface area contributed by atoms with E-state index in [1.54, 1.807) is 0 Å². The van der Waals surface area contributed by atoms with Gasteiger partial charge in [-0.3, -0.25) is 14.4 Å². The molecule has 0 radical (unpaired) electrons. The van der Waals surface area contributed by atoms with E-state index in [2.05, 4.69) is 52.6 Å². The summed E-state index contributed by atoms with van der Waals surface area (Å²) < 4.78 is 7.52. The van der Waals surface area contributed by atoms with Gasteiger partial charge in [-0.25, -0.2) is 0 Å². The van der Waals surface area contributed by atoms with Gasteiger partial charge in [0.25, 0.3) is 5.91 Å². The summed E-state index contributed by atoms with van der Waals surface area (Å²) in [7, 11) is 0. The highest BCUT2D eigenvalue weighted by molar-refractivity contribution is 5.94. The number of piperidine rings is 1. The average Bonchev–Trinajstić information content (AvgIpc) is 3.09. The quantitative estimate of drug-likeness (QED) is 0.880. The van der Waals surface area contributed by atoms with Gasteiger partial charge in [0.1, 0.15) is 0 Å². The minimum absolute atomic E-state index is 0.0505. The van der Waals surface area contributed by atoms with E-state index >= 15 is 0 Å². The smallest absolute Gasteiger partial charge is 0.272 e. The van der Waals surface area contributed by atoms with E-state index in [1.165, 1.54) is 5.56 Å². The van der Waals surface area contributed by atoms with Gasteiger partial charge in [-0.2, -0.15) is 5.10 Å². The van der Waals surface area contributed by atoms with Crippen LogP contribution in [-0.4, -0.2) is 46.3 Å². The lowest BCUT2D eigenvalue weighted by atomic mass is 10.0. The molecule has 0 saturated carbocycles. The number of amides is 1. The fourth-order valence-electron chi connectivity index (χ4n) is 4.08. The van der Waals surface area contributed by atoms with Crippen molar-refractivity contribution >= 4 is 5.91 Å². The number of rotatable bonds is 5. The molecule has 0 aliphatic carbocycles. The zero-order valence-corrected chi connectivity index (χ0v) is 16.0. The molecule has 27 heavy (non-hydrogen) atoms. The van der Waals surface area contributed by atoms with Crippen LogP contribution in [0.25, 0.3) is 0 Å². The van der Waals surface area contributed by atoms with Crippen LogP contribution in [0, 0.1) is 0 Å². The van der Waals surface area contributed by atoms with Crippen molar-refractivity contribution < 1.29 is 9.53 Å². The Morgan fingerprint density at radius 3 is 2.78 bits per heavy atom. The first-order valence-electron chi connectivity index (χ1n) is 9.98. The third-order valence-electron chi connectivity index (χ3n) is 5.58. The first-order chi connectivity index (χ1) is 13.2. The predicted octanol–water partition coefficient (Wildman–Crippen LogP) is 2.37. The SMILES string of the molecule is CCn1nc(C(=O)NC2CCN(Cc3ccccc3)CC2)c2c1CCOC2. The molecule has 2 aliphatic rings. The summed E-state index contributed by atoms with van der Waals surface area (Å²) in [5, 5.41) is 7.77. The molecule has 1 aromatic carbocycles. The van der Waals surface area contributed by atoms with Crippen molar-refractivity contribution in [3.63, 3.8) is 0 Å². The monoisotopic (exact) mass is 368 g/mol. The summed E-state index contributed by atoms with van der Waals surface area (Å²) in [5.41, 5.74) is 4.03. The van der Waals surface area contributed by atoms with Crippen LogP contribution < -0.4 is 5.32 Å². The normalized spacial score (nSPS) is 18.3. The predicted molar refractivity (Wildman–Crippen MR) is 103 cm³/mol. The molecular formula is C21H28N4O2. The maximum absolute atomic E-state index is 12.8. The maximum atomic E-state index is 12.8. The number of likely N-dealkylation sites (tertiary alicyclic amines) is 1. The van der Waals surface area contributed by atoms with E-state index in [4.69, 9.17) is 4.74 Å². The van der Waals surface area contributed by atoms with Gasteiger partial charge in [0.15, 0.2) is 5.69 Å². The van der Waals surface area contributed by atoms with Crippen molar-refractivity contribution in [3.05, 3.63) is 52.8 Å². The van der Waals surface area contributed by atoms with E-state index in [9.17, 15) is 4.79 Å². The number of carbonyl (C=O) groups excluding carboxylic acids is 1. The molecule has 6 nitrogen and oxygen atoms in total. The van der Waals surface area contributed by atoms with Gasteiger partial charge in [-0.05, 0) is 25.3 Å². The lowest BCUT2D eigenvalue weighted by Gasteiger charge is -2.32. The number of carbonyl (C=O) groups is 1. The zero-order chi connectivity index (χ0) is 18.6. The molecule has 1 N–H and O–H groups in total. The van der Waals surface area contributed by atoms with E-state index in [0.717, 1.165) is 56.7 Å². The lowest BCUT2D eigenvalue weighted by Crippen LogP contribution is -2.44. The Morgan fingerprint density at radius 2 is 2.04 bits per heavy atom. The van der Waals surface area contributed by atoms with Gasteiger partial charge < -0.3 is 10.1 Å². The van der Waals surface area contributed by atoms with E-state index in [1.807, 2.05) is 4.68 Å². The number of ether oxygens (including phenoxy) is 1. The molecular weight excluding hydrogens is 340 g/mol. The van der Waals surface area contributed by atoms with Gasteiger partial charge in [0, 0.05) is 49.9 Å². The summed E-state index contributed by atoms with van der Waals surface area (Å²) in [6.07, 6.45) is 2.79. The molecule has 144 valence electrons. The van der Waals surface area contributed by atoms with Crippen molar-refractivity contribution in [2.45, 2.75) is 51.9 Å². The Hall–Kier alpha value is -2.18. The minimum Gasteiger partial charge on any atom is -0.376 e. The topological polar surface area (TPSA) is 59.4 Å². The highest BCUT2D eigenvalue weighted by Crippen LogP contribution is 2.22. The Labute approximate surface area is 160 Å². The summed E-state index contributed by atoms with van der Waals surface area (Å²) >= 11 is 0. The summed E-state index contributed by atoms with van der Waals surface area (Å²) in [6.45, 7) is 7.04. The molecule has 0 spiro atoms. The van der Waals surface area contributed by atoms with Crippen molar-refractivity contribution in [2.75, 3.05) is 19.7 Å². The number of aryl methyl sites for hydroxylation is 1. The first kappa shape index (κ1) is 18.2. The molecule has 2 aromatic rings. The molecule has 6 heteroatoms. The number of hydrogen-bond donors (Lipinski definition) is 1. The third kappa shape index (κ3) is 4.06. The van der Waals surface area contributed by atoms with Gasteiger partial charge in [0.2, 0.25) is 0 Å². The van der Waals surface area contributed by atoms with Gasteiger partial charge in [0.05, 0.1) is 13.2 Å². The van der Waals surface area contributed by atoms with Gasteiger partial charge in [-0.1, -0.05) is 30.3 Å².